The van der Waals surface area contributed by atoms with Crippen molar-refractivity contribution < 1.29 is 9.32 Å². The third kappa shape index (κ3) is 4.22. The van der Waals surface area contributed by atoms with E-state index in [1.54, 1.807) is 0 Å². The van der Waals surface area contributed by atoms with Crippen LogP contribution in [-0.4, -0.2) is 24.2 Å². The summed E-state index contributed by atoms with van der Waals surface area (Å²) >= 11 is 0. The fourth-order valence-electron chi connectivity index (χ4n) is 1.78. The summed E-state index contributed by atoms with van der Waals surface area (Å²) in [7, 11) is 0. The van der Waals surface area contributed by atoms with Gasteiger partial charge in [-0.15, -0.1) is 12.4 Å². The first-order valence-electron chi connectivity index (χ1n) is 6.11. The highest BCUT2D eigenvalue weighted by Crippen LogP contribution is 2.17. The van der Waals surface area contributed by atoms with E-state index >= 15 is 0 Å². The van der Waals surface area contributed by atoms with Gasteiger partial charge in [-0.2, -0.15) is 0 Å². The van der Waals surface area contributed by atoms with Crippen LogP contribution in [0.2, 0.25) is 0 Å². The van der Waals surface area contributed by atoms with Crippen LogP contribution < -0.4 is 11.1 Å². The summed E-state index contributed by atoms with van der Waals surface area (Å²) in [5, 5.41) is 7.67. The number of amides is 1. The molecule has 0 saturated carbocycles. The molecule has 0 aliphatic heterocycles. The zero-order valence-corrected chi connectivity index (χ0v) is 11.4. The lowest BCUT2D eigenvalue weighted by Gasteiger charge is -2.02. The molecule has 0 atom stereocenters. The first kappa shape index (κ1) is 15.5. The van der Waals surface area contributed by atoms with Gasteiger partial charge in [0.15, 0.2) is 5.58 Å². The molecule has 5 nitrogen and oxygen atoms in total. The van der Waals surface area contributed by atoms with Gasteiger partial charge in [0.05, 0.1) is 6.42 Å². The minimum Gasteiger partial charge on any atom is -0.356 e. The first-order chi connectivity index (χ1) is 8.81. The van der Waals surface area contributed by atoms with Crippen LogP contribution in [0.1, 0.15) is 18.5 Å². The largest absolute Gasteiger partial charge is 0.356 e. The summed E-state index contributed by atoms with van der Waals surface area (Å²) in [5.41, 5.74) is 6.78. The van der Waals surface area contributed by atoms with Crippen molar-refractivity contribution in [3.63, 3.8) is 0 Å². The summed E-state index contributed by atoms with van der Waals surface area (Å²) in [6.45, 7) is 1.32. The van der Waals surface area contributed by atoms with Crippen molar-refractivity contribution in [3.8, 4) is 0 Å². The third-order valence-corrected chi connectivity index (χ3v) is 2.73. The number of hydrogen-bond donors (Lipinski definition) is 2. The van der Waals surface area contributed by atoms with Gasteiger partial charge >= 0.3 is 0 Å². The molecule has 3 N–H and O–H groups in total. The number of para-hydroxylation sites is 1. The molecule has 0 radical (unpaired) electrons. The number of benzene rings is 1. The van der Waals surface area contributed by atoms with Crippen LogP contribution in [-0.2, 0) is 11.2 Å². The molecular formula is C13H18ClN3O2. The Morgan fingerprint density at radius 3 is 2.89 bits per heavy atom. The van der Waals surface area contributed by atoms with Crippen molar-refractivity contribution in [2.45, 2.75) is 19.3 Å². The predicted octanol–water partition coefficient (Wildman–Crippen LogP) is 1.65. The van der Waals surface area contributed by atoms with Crippen LogP contribution >= 0.6 is 12.4 Å². The number of aromatic nitrogens is 1. The maximum absolute atomic E-state index is 11.7. The van der Waals surface area contributed by atoms with E-state index < -0.39 is 0 Å². The van der Waals surface area contributed by atoms with Crippen molar-refractivity contribution in [1.82, 2.24) is 10.5 Å². The van der Waals surface area contributed by atoms with Gasteiger partial charge in [0.2, 0.25) is 5.91 Å². The summed E-state index contributed by atoms with van der Waals surface area (Å²) < 4.78 is 5.15. The number of nitrogens with zero attached hydrogens (tertiary/aromatic N) is 1. The van der Waals surface area contributed by atoms with Crippen LogP contribution in [0.5, 0.6) is 0 Å². The van der Waals surface area contributed by atoms with E-state index in [1.165, 1.54) is 0 Å². The number of halogens is 1. The zero-order valence-electron chi connectivity index (χ0n) is 10.6. The second-order valence-electron chi connectivity index (χ2n) is 4.15. The molecule has 0 aliphatic rings. The van der Waals surface area contributed by atoms with Crippen LogP contribution in [0.4, 0.5) is 0 Å². The molecule has 104 valence electrons. The molecule has 2 aromatic rings. The van der Waals surface area contributed by atoms with Crippen LogP contribution in [0, 0.1) is 0 Å². The number of fused-ring (bicyclic) bond motifs is 1. The second kappa shape index (κ2) is 7.76. The number of rotatable bonds is 6. The van der Waals surface area contributed by atoms with Gasteiger partial charge in [0.25, 0.3) is 0 Å². The maximum Gasteiger partial charge on any atom is 0.226 e. The van der Waals surface area contributed by atoms with Crippen molar-refractivity contribution in [1.29, 1.82) is 0 Å². The van der Waals surface area contributed by atoms with Gasteiger partial charge in [0, 0.05) is 11.9 Å². The molecule has 0 unspecified atom stereocenters. The number of nitrogens with two attached hydrogens (primary N) is 1. The Morgan fingerprint density at radius 2 is 2.11 bits per heavy atom. The van der Waals surface area contributed by atoms with E-state index in [2.05, 4.69) is 10.5 Å². The Balaban J connectivity index is 0.00000180. The van der Waals surface area contributed by atoms with Gasteiger partial charge in [-0.3, -0.25) is 4.79 Å². The summed E-state index contributed by atoms with van der Waals surface area (Å²) in [5.74, 6) is -0.0360. The van der Waals surface area contributed by atoms with Gasteiger partial charge in [0.1, 0.15) is 5.69 Å². The van der Waals surface area contributed by atoms with Gasteiger partial charge in [-0.05, 0) is 31.5 Å². The summed E-state index contributed by atoms with van der Waals surface area (Å²) in [6, 6.07) is 7.53. The maximum atomic E-state index is 11.7. The van der Waals surface area contributed by atoms with Gasteiger partial charge in [-0.25, -0.2) is 0 Å². The molecule has 1 aromatic carbocycles. The fraction of sp³-hybridized carbons (Fsp3) is 0.385. The number of unbranched alkanes of at least 4 members (excludes halogenated alkanes) is 1. The van der Waals surface area contributed by atoms with E-state index in [1.807, 2.05) is 24.3 Å². The fourth-order valence-corrected chi connectivity index (χ4v) is 1.78. The Bertz CT molecular complexity index is 527. The van der Waals surface area contributed by atoms with Crippen molar-refractivity contribution in [2.24, 2.45) is 5.73 Å². The molecule has 0 fully saturated rings. The summed E-state index contributed by atoms with van der Waals surface area (Å²) in [4.78, 5) is 11.7. The van der Waals surface area contributed by atoms with E-state index in [0.717, 1.165) is 18.2 Å². The lowest BCUT2D eigenvalue weighted by Crippen LogP contribution is -2.26. The molecule has 1 aromatic heterocycles. The zero-order chi connectivity index (χ0) is 12.8. The van der Waals surface area contributed by atoms with E-state index in [-0.39, 0.29) is 24.7 Å². The van der Waals surface area contributed by atoms with E-state index in [4.69, 9.17) is 10.3 Å². The van der Waals surface area contributed by atoms with Crippen LogP contribution in [0.25, 0.3) is 11.0 Å². The average molecular weight is 284 g/mol. The Labute approximate surface area is 117 Å². The molecule has 1 amide bonds. The second-order valence-corrected chi connectivity index (χ2v) is 4.15. The summed E-state index contributed by atoms with van der Waals surface area (Å²) in [6.07, 6.45) is 2.08. The monoisotopic (exact) mass is 283 g/mol. The Kier molecular flexibility index (Phi) is 6.32. The molecule has 0 saturated heterocycles. The van der Waals surface area contributed by atoms with Crippen molar-refractivity contribution in [2.75, 3.05) is 13.1 Å². The predicted molar refractivity (Wildman–Crippen MR) is 76.3 cm³/mol. The normalized spacial score (nSPS) is 10.2. The third-order valence-electron chi connectivity index (χ3n) is 2.73. The molecule has 6 heteroatoms. The lowest BCUT2D eigenvalue weighted by molar-refractivity contribution is -0.120. The Hall–Kier alpha value is -1.59. The van der Waals surface area contributed by atoms with Crippen LogP contribution in [0.15, 0.2) is 28.8 Å². The number of hydrogen-bond acceptors (Lipinski definition) is 4. The average Bonchev–Trinajstić information content (AvgIpc) is 2.78. The lowest BCUT2D eigenvalue weighted by atomic mass is 10.1. The van der Waals surface area contributed by atoms with Crippen LogP contribution in [0.3, 0.4) is 0 Å². The van der Waals surface area contributed by atoms with Gasteiger partial charge in [-0.1, -0.05) is 17.3 Å². The standard InChI is InChI=1S/C13H17N3O2.ClH/c14-7-3-4-8-15-13(17)9-11-10-5-1-2-6-12(10)18-16-11;/h1-2,5-6H,3-4,7-9,14H2,(H,15,17);1H. The highest BCUT2D eigenvalue weighted by molar-refractivity contribution is 5.86. The highest BCUT2D eigenvalue weighted by atomic mass is 35.5. The van der Waals surface area contributed by atoms with Crippen molar-refractivity contribution in [3.05, 3.63) is 30.0 Å². The minimum atomic E-state index is -0.0360. The number of nitrogens with one attached hydrogen (secondary N) is 1. The quantitative estimate of drug-likeness (QED) is 0.790. The van der Waals surface area contributed by atoms with E-state index in [0.29, 0.717) is 24.4 Å². The minimum absolute atomic E-state index is 0. The smallest absolute Gasteiger partial charge is 0.226 e. The molecule has 2 rings (SSSR count). The molecule has 0 aliphatic carbocycles. The van der Waals surface area contributed by atoms with Crippen molar-refractivity contribution >= 4 is 29.3 Å². The molecule has 1 heterocycles. The Morgan fingerprint density at radius 1 is 1.32 bits per heavy atom. The van der Waals surface area contributed by atoms with Gasteiger partial charge < -0.3 is 15.6 Å². The molecular weight excluding hydrogens is 266 g/mol. The number of carbonyl (C=O) groups excluding carboxylic acids is 1. The highest BCUT2D eigenvalue weighted by Gasteiger charge is 2.11. The van der Waals surface area contributed by atoms with E-state index in [9.17, 15) is 4.79 Å². The number of carbonyl (C=O) groups is 1. The molecule has 19 heavy (non-hydrogen) atoms. The SMILES string of the molecule is Cl.NCCCCNC(=O)Cc1noc2ccccc12. The first-order valence-corrected chi connectivity index (χ1v) is 6.11. The molecule has 0 spiro atoms. The molecule has 0 bridgehead atoms. The topological polar surface area (TPSA) is 81.1 Å².